The van der Waals surface area contributed by atoms with E-state index in [0.717, 1.165) is 48.2 Å². The molecule has 1 heterocycles. The number of para-hydroxylation sites is 1. The summed E-state index contributed by atoms with van der Waals surface area (Å²) in [6.45, 7) is 1.96. The molecule has 174 valence electrons. The minimum Gasteiger partial charge on any atom is -0.481 e. The van der Waals surface area contributed by atoms with Gasteiger partial charge in [0.25, 0.3) is 0 Å². The predicted octanol–water partition coefficient (Wildman–Crippen LogP) is 5.51. The van der Waals surface area contributed by atoms with Crippen molar-refractivity contribution in [2.45, 2.75) is 45.1 Å². The molecule has 0 amide bonds. The van der Waals surface area contributed by atoms with Gasteiger partial charge in [-0.2, -0.15) is 0 Å². The number of hydrogen-bond acceptors (Lipinski definition) is 4. The Morgan fingerprint density at radius 2 is 1.85 bits per heavy atom. The van der Waals surface area contributed by atoms with E-state index in [1.165, 1.54) is 6.07 Å². The number of carboxylic acid groups (broad SMARTS) is 1. The fraction of sp³-hybridized carbons (Fsp3) is 0.370. The third kappa shape index (κ3) is 3.29. The monoisotopic (exact) mass is 461 g/mol. The Kier molecular flexibility index (Phi) is 4.90. The number of fused-ring (bicyclic) bond motifs is 5. The summed E-state index contributed by atoms with van der Waals surface area (Å²) in [7, 11) is 0. The SMILES string of the molecule is Cc1cccc2c(NC3C4CCC(CC4)C3C(=O)O)nc(C3=CCc4c(F)cc(F)cc43)nc12. The van der Waals surface area contributed by atoms with Crippen LogP contribution in [0.5, 0.6) is 0 Å². The number of aromatic nitrogens is 2. The number of carboxylic acids is 1. The summed E-state index contributed by atoms with van der Waals surface area (Å²) >= 11 is 0. The maximum absolute atomic E-state index is 14.4. The van der Waals surface area contributed by atoms with Crippen molar-refractivity contribution in [1.29, 1.82) is 0 Å². The first kappa shape index (κ1) is 21.2. The first-order chi connectivity index (χ1) is 16.4. The summed E-state index contributed by atoms with van der Waals surface area (Å²) in [4.78, 5) is 21.8. The van der Waals surface area contributed by atoms with Gasteiger partial charge in [-0.1, -0.05) is 18.2 Å². The fourth-order valence-corrected chi connectivity index (χ4v) is 6.27. The molecule has 0 radical (unpaired) electrons. The Balaban J connectivity index is 1.48. The largest absolute Gasteiger partial charge is 0.481 e. The number of benzene rings is 2. The Hall–Kier alpha value is -3.35. The van der Waals surface area contributed by atoms with Crippen LogP contribution in [0, 0.1) is 36.3 Å². The Labute approximate surface area is 195 Å². The zero-order valence-corrected chi connectivity index (χ0v) is 18.8. The molecule has 7 heteroatoms. The first-order valence-electron chi connectivity index (χ1n) is 11.9. The molecule has 3 fully saturated rings. The van der Waals surface area contributed by atoms with Crippen LogP contribution in [0.3, 0.4) is 0 Å². The summed E-state index contributed by atoms with van der Waals surface area (Å²) in [5.74, 6) is -1.01. The van der Waals surface area contributed by atoms with Crippen LogP contribution in [0.1, 0.15) is 48.2 Å². The highest BCUT2D eigenvalue weighted by atomic mass is 19.1. The van der Waals surface area contributed by atoms with Gasteiger partial charge >= 0.3 is 5.97 Å². The zero-order chi connectivity index (χ0) is 23.6. The van der Waals surface area contributed by atoms with Gasteiger partial charge in [0.2, 0.25) is 0 Å². The minimum atomic E-state index is -0.764. The Morgan fingerprint density at radius 3 is 2.62 bits per heavy atom. The standard InChI is InChI=1S/C27H25F2N3O2/c1-13-3-2-4-19-23(13)30-25(18-10-9-17-20(18)11-16(28)12-21(17)29)32-26(19)31-24-15-7-5-14(6-8-15)22(24)27(33)34/h2-4,10-12,14-15,22,24H,5-9H2,1H3,(H,33,34)(H,30,31,32). The Bertz CT molecular complexity index is 1360. The van der Waals surface area contributed by atoms with Crippen LogP contribution in [0.2, 0.25) is 0 Å². The average molecular weight is 462 g/mol. The van der Waals surface area contributed by atoms with Gasteiger partial charge in [0.1, 0.15) is 17.5 Å². The van der Waals surface area contributed by atoms with Crippen LogP contribution in [-0.2, 0) is 11.2 Å². The number of carbonyl (C=O) groups is 1. The molecule has 0 aliphatic heterocycles. The van der Waals surface area contributed by atoms with E-state index in [9.17, 15) is 18.7 Å². The van der Waals surface area contributed by atoms with E-state index in [2.05, 4.69) is 5.32 Å². The molecule has 0 saturated heterocycles. The smallest absolute Gasteiger partial charge is 0.308 e. The maximum Gasteiger partial charge on any atom is 0.308 e. The molecule has 3 saturated carbocycles. The topological polar surface area (TPSA) is 75.1 Å². The molecule has 2 N–H and O–H groups in total. The van der Waals surface area contributed by atoms with E-state index in [4.69, 9.17) is 9.97 Å². The minimum absolute atomic E-state index is 0.171. The van der Waals surface area contributed by atoms with Gasteiger partial charge in [-0.3, -0.25) is 4.79 Å². The molecule has 1 aromatic heterocycles. The molecule has 34 heavy (non-hydrogen) atoms. The molecule has 4 aliphatic rings. The van der Waals surface area contributed by atoms with Gasteiger partial charge in [0.15, 0.2) is 5.82 Å². The van der Waals surface area contributed by atoms with Crippen LogP contribution in [0.4, 0.5) is 14.6 Å². The second-order valence-corrected chi connectivity index (χ2v) is 9.81. The van der Waals surface area contributed by atoms with Crippen molar-refractivity contribution in [3.63, 3.8) is 0 Å². The highest BCUT2D eigenvalue weighted by Gasteiger charge is 2.47. The van der Waals surface area contributed by atoms with E-state index in [1.807, 2.05) is 31.2 Å². The summed E-state index contributed by atoms with van der Waals surface area (Å²) in [6.07, 6.45) is 6.11. The predicted molar refractivity (Wildman–Crippen MR) is 125 cm³/mol. The fourth-order valence-electron chi connectivity index (χ4n) is 6.27. The van der Waals surface area contributed by atoms with Gasteiger partial charge in [0.05, 0.1) is 11.4 Å². The van der Waals surface area contributed by atoms with Crippen LogP contribution < -0.4 is 5.32 Å². The maximum atomic E-state index is 14.4. The van der Waals surface area contributed by atoms with Crippen molar-refractivity contribution in [3.05, 3.63) is 70.6 Å². The van der Waals surface area contributed by atoms with Crippen LogP contribution >= 0.6 is 0 Å². The molecule has 0 spiro atoms. The highest BCUT2D eigenvalue weighted by Crippen LogP contribution is 2.47. The molecule has 5 nitrogen and oxygen atoms in total. The number of rotatable bonds is 4. The van der Waals surface area contributed by atoms with Crippen LogP contribution in [0.15, 0.2) is 36.4 Å². The van der Waals surface area contributed by atoms with Gasteiger partial charge in [-0.15, -0.1) is 0 Å². The van der Waals surface area contributed by atoms with Crippen LogP contribution in [-0.4, -0.2) is 27.1 Å². The lowest BCUT2D eigenvalue weighted by molar-refractivity contribution is -0.148. The summed E-state index contributed by atoms with van der Waals surface area (Å²) < 4.78 is 28.4. The van der Waals surface area contributed by atoms with Gasteiger partial charge < -0.3 is 10.4 Å². The lowest BCUT2D eigenvalue weighted by atomic mass is 9.61. The zero-order valence-electron chi connectivity index (χ0n) is 18.8. The second kappa shape index (κ2) is 7.86. The molecule has 2 unspecified atom stereocenters. The number of aliphatic carboxylic acids is 1. The van der Waals surface area contributed by atoms with E-state index >= 15 is 0 Å². The highest BCUT2D eigenvalue weighted by molar-refractivity contribution is 5.94. The number of aryl methyl sites for hydroxylation is 1. The van der Waals surface area contributed by atoms with Crippen molar-refractivity contribution in [1.82, 2.24) is 9.97 Å². The van der Waals surface area contributed by atoms with Crippen molar-refractivity contribution in [2.75, 3.05) is 5.32 Å². The lowest BCUT2D eigenvalue weighted by Gasteiger charge is -2.47. The number of anilines is 1. The van der Waals surface area contributed by atoms with Crippen molar-refractivity contribution in [2.24, 2.45) is 17.8 Å². The quantitative estimate of drug-likeness (QED) is 0.536. The van der Waals surface area contributed by atoms with E-state index in [0.29, 0.717) is 34.8 Å². The number of hydrogen-bond donors (Lipinski definition) is 2. The van der Waals surface area contributed by atoms with Gasteiger partial charge in [0, 0.05) is 23.1 Å². The van der Waals surface area contributed by atoms with E-state index in [-0.39, 0.29) is 17.9 Å². The number of halogens is 2. The van der Waals surface area contributed by atoms with E-state index in [1.54, 1.807) is 0 Å². The normalized spacial score (nSPS) is 25.3. The van der Waals surface area contributed by atoms with Crippen molar-refractivity contribution >= 4 is 28.3 Å². The molecule has 2 atom stereocenters. The second-order valence-electron chi connectivity index (χ2n) is 9.81. The molecule has 2 bridgehead atoms. The third-order valence-corrected chi connectivity index (χ3v) is 7.94. The summed E-state index contributed by atoms with van der Waals surface area (Å²) in [6, 6.07) is 7.84. The van der Waals surface area contributed by atoms with Crippen LogP contribution in [0.25, 0.3) is 16.5 Å². The number of nitrogens with zero attached hydrogens (tertiary/aromatic N) is 2. The summed E-state index contributed by atoms with van der Waals surface area (Å²) in [5, 5.41) is 14.3. The number of nitrogens with one attached hydrogen (secondary N) is 1. The van der Waals surface area contributed by atoms with Crippen molar-refractivity contribution < 1.29 is 18.7 Å². The third-order valence-electron chi connectivity index (χ3n) is 7.94. The first-order valence-corrected chi connectivity index (χ1v) is 11.9. The van der Waals surface area contributed by atoms with Crippen molar-refractivity contribution in [3.8, 4) is 0 Å². The Morgan fingerprint density at radius 1 is 1.09 bits per heavy atom. The number of allylic oxidation sites excluding steroid dienone is 1. The average Bonchev–Trinajstić information content (AvgIpc) is 3.24. The molecule has 4 aliphatic carbocycles. The van der Waals surface area contributed by atoms with Gasteiger partial charge in [-0.25, -0.2) is 18.7 Å². The lowest BCUT2D eigenvalue weighted by Crippen LogP contribution is -2.51. The van der Waals surface area contributed by atoms with E-state index < -0.39 is 23.5 Å². The summed E-state index contributed by atoms with van der Waals surface area (Å²) in [5.41, 5.74) is 3.20. The molecule has 2 aromatic carbocycles. The molecular formula is C27H25F2N3O2. The molecule has 3 aromatic rings. The molecule has 7 rings (SSSR count). The molecular weight excluding hydrogens is 436 g/mol. The van der Waals surface area contributed by atoms with Gasteiger partial charge in [-0.05, 0) is 79.7 Å².